The van der Waals surface area contributed by atoms with Gasteiger partial charge in [0.2, 0.25) is 0 Å². The first-order valence-corrected chi connectivity index (χ1v) is 6.75. The predicted octanol–water partition coefficient (Wildman–Crippen LogP) is 3.65. The molecule has 0 bridgehead atoms. The Morgan fingerprint density at radius 2 is 2.00 bits per heavy atom. The van der Waals surface area contributed by atoms with Gasteiger partial charge in [-0.25, -0.2) is 4.39 Å². The van der Waals surface area contributed by atoms with Gasteiger partial charge in [-0.05, 0) is 49.8 Å². The number of unbranched alkanes of at least 4 members (excludes halogenated alkanes) is 1. The van der Waals surface area contributed by atoms with E-state index < -0.39 is 0 Å². The average Bonchev–Trinajstić information content (AvgIpc) is 2.31. The molecule has 0 amide bonds. The number of benzene rings is 1. The van der Waals surface area contributed by atoms with Crippen molar-refractivity contribution in [2.75, 3.05) is 12.4 Å². The molecule has 0 unspecified atom stereocenters. The molecule has 0 aliphatic heterocycles. The van der Waals surface area contributed by atoms with Gasteiger partial charge in [0, 0.05) is 11.3 Å². The summed E-state index contributed by atoms with van der Waals surface area (Å²) in [5, 5.41) is 0. The van der Waals surface area contributed by atoms with Crippen molar-refractivity contribution in [1.82, 2.24) is 0 Å². The maximum atomic E-state index is 12.6. The van der Waals surface area contributed by atoms with Gasteiger partial charge >= 0.3 is 5.97 Å². The van der Waals surface area contributed by atoms with Gasteiger partial charge in [0.15, 0.2) is 0 Å². The van der Waals surface area contributed by atoms with Gasteiger partial charge < -0.3 is 4.74 Å². The van der Waals surface area contributed by atoms with Crippen molar-refractivity contribution in [3.8, 4) is 0 Å². The van der Waals surface area contributed by atoms with E-state index in [1.54, 1.807) is 23.9 Å². The van der Waals surface area contributed by atoms with Gasteiger partial charge in [-0.2, -0.15) is 0 Å². The molecule has 2 nitrogen and oxygen atoms in total. The zero-order valence-electron chi connectivity index (χ0n) is 9.95. The summed E-state index contributed by atoms with van der Waals surface area (Å²) in [5.41, 5.74) is 0. The molecule has 1 aromatic carbocycles. The molecule has 1 aromatic rings. The molecule has 1 rings (SSSR count). The van der Waals surface area contributed by atoms with Gasteiger partial charge in [0.05, 0.1) is 6.61 Å². The van der Waals surface area contributed by atoms with Crippen LogP contribution in [-0.2, 0) is 9.53 Å². The molecule has 0 spiro atoms. The Morgan fingerprint density at radius 3 is 2.65 bits per heavy atom. The normalized spacial score (nSPS) is 10.2. The Morgan fingerprint density at radius 1 is 1.29 bits per heavy atom. The summed E-state index contributed by atoms with van der Waals surface area (Å²) in [5.74, 6) is 0.598. The quantitative estimate of drug-likeness (QED) is 0.423. The summed E-state index contributed by atoms with van der Waals surface area (Å²) in [6, 6.07) is 6.46. The van der Waals surface area contributed by atoms with Crippen LogP contribution in [0.1, 0.15) is 26.2 Å². The highest BCUT2D eigenvalue weighted by Gasteiger charge is 2.01. The molecule has 0 N–H and O–H groups in total. The molecular weight excluding hydrogens is 239 g/mol. The van der Waals surface area contributed by atoms with Gasteiger partial charge in [-0.15, -0.1) is 11.8 Å². The van der Waals surface area contributed by atoms with E-state index in [1.807, 2.05) is 6.92 Å². The molecule has 17 heavy (non-hydrogen) atoms. The lowest BCUT2D eigenvalue weighted by Crippen LogP contribution is -2.03. The lowest BCUT2D eigenvalue weighted by Gasteiger charge is -2.02. The summed E-state index contributed by atoms with van der Waals surface area (Å²) < 4.78 is 17.5. The largest absolute Gasteiger partial charge is 0.466 e. The first-order valence-electron chi connectivity index (χ1n) is 5.76. The smallest absolute Gasteiger partial charge is 0.305 e. The van der Waals surface area contributed by atoms with E-state index >= 15 is 0 Å². The highest BCUT2D eigenvalue weighted by molar-refractivity contribution is 7.99. The number of halogens is 1. The van der Waals surface area contributed by atoms with Crippen LogP contribution in [0, 0.1) is 5.82 Å². The Hall–Kier alpha value is -1.03. The minimum Gasteiger partial charge on any atom is -0.466 e. The first kappa shape index (κ1) is 14.0. The molecule has 0 saturated heterocycles. The Labute approximate surface area is 106 Å². The van der Waals surface area contributed by atoms with E-state index in [-0.39, 0.29) is 11.8 Å². The standard InChI is InChI=1S/C13H17FO2S/c1-2-16-13(15)5-3-4-10-17-12-8-6-11(14)7-9-12/h6-9H,2-5,10H2,1H3. The number of carbonyl (C=O) groups excluding carboxylic acids is 1. The van der Waals surface area contributed by atoms with Crippen LogP contribution in [0.5, 0.6) is 0 Å². The fourth-order valence-corrected chi connectivity index (χ4v) is 2.24. The second kappa shape index (κ2) is 8.12. The molecule has 0 atom stereocenters. The molecule has 94 valence electrons. The lowest BCUT2D eigenvalue weighted by atomic mass is 10.2. The minimum atomic E-state index is -0.211. The number of ether oxygens (including phenoxy) is 1. The van der Waals surface area contributed by atoms with Crippen LogP contribution < -0.4 is 0 Å². The third kappa shape index (κ3) is 6.31. The fraction of sp³-hybridized carbons (Fsp3) is 0.462. The maximum absolute atomic E-state index is 12.6. The summed E-state index contributed by atoms with van der Waals surface area (Å²) in [4.78, 5) is 12.1. The molecule has 0 saturated carbocycles. The number of hydrogen-bond acceptors (Lipinski definition) is 3. The predicted molar refractivity (Wildman–Crippen MR) is 67.6 cm³/mol. The van der Waals surface area contributed by atoms with Crippen molar-refractivity contribution in [3.05, 3.63) is 30.1 Å². The van der Waals surface area contributed by atoms with E-state index in [0.717, 1.165) is 23.5 Å². The zero-order valence-corrected chi connectivity index (χ0v) is 10.8. The monoisotopic (exact) mass is 256 g/mol. The van der Waals surface area contributed by atoms with Gasteiger partial charge in [0.25, 0.3) is 0 Å². The second-order valence-electron chi connectivity index (χ2n) is 3.56. The summed E-state index contributed by atoms with van der Waals surface area (Å²) >= 11 is 1.68. The summed E-state index contributed by atoms with van der Waals surface area (Å²) in [6.07, 6.45) is 2.28. The van der Waals surface area contributed by atoms with E-state index in [4.69, 9.17) is 4.74 Å². The SMILES string of the molecule is CCOC(=O)CCCCSc1ccc(F)cc1. The van der Waals surface area contributed by atoms with E-state index in [9.17, 15) is 9.18 Å². The van der Waals surface area contributed by atoms with Crippen LogP contribution in [0.15, 0.2) is 29.2 Å². The van der Waals surface area contributed by atoms with Crippen LogP contribution in [0.3, 0.4) is 0 Å². The van der Waals surface area contributed by atoms with Crippen LogP contribution in [0.25, 0.3) is 0 Å². The molecular formula is C13H17FO2S. The zero-order chi connectivity index (χ0) is 12.5. The molecule has 0 fully saturated rings. The minimum absolute atomic E-state index is 0.126. The molecule has 0 aliphatic rings. The second-order valence-corrected chi connectivity index (χ2v) is 4.73. The fourth-order valence-electron chi connectivity index (χ4n) is 1.33. The van der Waals surface area contributed by atoms with Crippen molar-refractivity contribution >= 4 is 17.7 Å². The summed E-state index contributed by atoms with van der Waals surface area (Å²) in [7, 11) is 0. The highest BCUT2D eigenvalue weighted by Crippen LogP contribution is 2.19. The summed E-state index contributed by atoms with van der Waals surface area (Å²) in [6.45, 7) is 2.26. The van der Waals surface area contributed by atoms with Crippen molar-refractivity contribution in [3.63, 3.8) is 0 Å². The Balaban J connectivity index is 2.08. The molecule has 0 aliphatic carbocycles. The number of rotatable bonds is 7. The van der Waals surface area contributed by atoms with Crippen molar-refractivity contribution in [1.29, 1.82) is 0 Å². The lowest BCUT2D eigenvalue weighted by molar-refractivity contribution is -0.143. The van der Waals surface area contributed by atoms with Crippen LogP contribution in [0.4, 0.5) is 4.39 Å². The van der Waals surface area contributed by atoms with Crippen LogP contribution >= 0.6 is 11.8 Å². The highest BCUT2D eigenvalue weighted by atomic mass is 32.2. The molecule has 0 heterocycles. The molecule has 0 radical (unpaired) electrons. The van der Waals surface area contributed by atoms with Gasteiger partial charge in [0.1, 0.15) is 5.82 Å². The maximum Gasteiger partial charge on any atom is 0.305 e. The Bertz CT molecular complexity index is 338. The number of hydrogen-bond donors (Lipinski definition) is 0. The third-order valence-electron chi connectivity index (χ3n) is 2.16. The third-order valence-corrected chi connectivity index (χ3v) is 3.26. The van der Waals surface area contributed by atoms with E-state index in [1.165, 1.54) is 12.1 Å². The van der Waals surface area contributed by atoms with Crippen molar-refractivity contribution in [2.24, 2.45) is 0 Å². The van der Waals surface area contributed by atoms with Crippen molar-refractivity contribution < 1.29 is 13.9 Å². The molecule has 4 heteroatoms. The average molecular weight is 256 g/mol. The first-order chi connectivity index (χ1) is 8.22. The van der Waals surface area contributed by atoms with Crippen LogP contribution in [-0.4, -0.2) is 18.3 Å². The van der Waals surface area contributed by atoms with Gasteiger partial charge in [-0.3, -0.25) is 4.79 Å². The number of thioether (sulfide) groups is 1. The molecule has 0 aromatic heterocycles. The topological polar surface area (TPSA) is 26.3 Å². The van der Waals surface area contributed by atoms with Crippen LogP contribution in [0.2, 0.25) is 0 Å². The number of carbonyl (C=O) groups is 1. The van der Waals surface area contributed by atoms with E-state index in [2.05, 4.69) is 0 Å². The van der Waals surface area contributed by atoms with E-state index in [0.29, 0.717) is 13.0 Å². The van der Waals surface area contributed by atoms with Gasteiger partial charge in [-0.1, -0.05) is 0 Å². The van der Waals surface area contributed by atoms with Crippen molar-refractivity contribution in [2.45, 2.75) is 31.1 Å². The number of esters is 1. The Kier molecular flexibility index (Phi) is 6.70.